The topological polar surface area (TPSA) is 85.1 Å². The van der Waals surface area contributed by atoms with Crippen molar-refractivity contribution in [2.45, 2.75) is 26.2 Å². The van der Waals surface area contributed by atoms with Gasteiger partial charge in [-0.1, -0.05) is 38.1 Å². The van der Waals surface area contributed by atoms with Crippen molar-refractivity contribution in [3.05, 3.63) is 62.3 Å². The Hall–Kier alpha value is -2.58. The van der Waals surface area contributed by atoms with Crippen molar-refractivity contribution in [1.82, 2.24) is 4.98 Å². The molecule has 0 saturated heterocycles. The van der Waals surface area contributed by atoms with Crippen LogP contribution in [0.15, 0.2) is 41.1 Å². The molecule has 0 atom stereocenters. The van der Waals surface area contributed by atoms with E-state index in [1.807, 2.05) is 24.3 Å². The third kappa shape index (κ3) is 4.33. The maximum absolute atomic E-state index is 12.2. The van der Waals surface area contributed by atoms with E-state index >= 15 is 0 Å². The van der Waals surface area contributed by atoms with Crippen LogP contribution in [0.1, 0.15) is 30.9 Å². The molecule has 0 fully saturated rings. The van der Waals surface area contributed by atoms with Crippen molar-refractivity contribution in [2.75, 3.05) is 5.32 Å². The first-order valence-electron chi connectivity index (χ1n) is 8.00. The van der Waals surface area contributed by atoms with Crippen molar-refractivity contribution in [3.63, 3.8) is 0 Å². The third-order valence-electron chi connectivity index (χ3n) is 3.81. The Morgan fingerprint density at radius 2 is 1.96 bits per heavy atom. The average molecular weight is 387 g/mol. The van der Waals surface area contributed by atoms with E-state index in [-0.39, 0.29) is 18.0 Å². The summed E-state index contributed by atoms with van der Waals surface area (Å²) < 4.78 is 0. The van der Waals surface area contributed by atoms with Crippen LogP contribution >= 0.6 is 22.7 Å². The number of carbonyl (C=O) groups is 1. The lowest BCUT2D eigenvalue weighted by Gasteiger charge is -2.06. The molecule has 0 saturated carbocycles. The minimum Gasteiger partial charge on any atom is -0.302 e. The number of hydrogen-bond acceptors (Lipinski definition) is 6. The number of nitrogens with one attached hydrogen (secondary N) is 1. The van der Waals surface area contributed by atoms with E-state index in [1.54, 1.807) is 5.38 Å². The van der Waals surface area contributed by atoms with Crippen LogP contribution < -0.4 is 5.32 Å². The maximum Gasteiger partial charge on any atom is 0.280 e. The van der Waals surface area contributed by atoms with Crippen LogP contribution in [0.4, 0.5) is 10.8 Å². The molecule has 0 aliphatic heterocycles. The number of hydrogen-bond donors (Lipinski definition) is 1. The number of thiophene rings is 1. The van der Waals surface area contributed by atoms with Crippen LogP contribution in [0.25, 0.3) is 10.6 Å². The monoisotopic (exact) mass is 387 g/mol. The highest BCUT2D eigenvalue weighted by molar-refractivity contribution is 7.16. The minimum absolute atomic E-state index is 0.0495. The van der Waals surface area contributed by atoms with E-state index < -0.39 is 4.92 Å². The first-order valence-corrected chi connectivity index (χ1v) is 9.76. The van der Waals surface area contributed by atoms with Crippen molar-refractivity contribution in [2.24, 2.45) is 0 Å². The third-order valence-corrected chi connectivity index (χ3v) is 5.51. The highest BCUT2D eigenvalue weighted by atomic mass is 32.1. The molecule has 0 unspecified atom stereocenters. The Kier molecular flexibility index (Phi) is 5.43. The molecular weight excluding hydrogens is 370 g/mol. The molecule has 1 aromatic carbocycles. The van der Waals surface area contributed by atoms with Gasteiger partial charge in [-0.25, -0.2) is 4.98 Å². The summed E-state index contributed by atoms with van der Waals surface area (Å²) in [5.74, 6) is 0.319. The zero-order valence-electron chi connectivity index (χ0n) is 14.3. The predicted molar refractivity (Wildman–Crippen MR) is 105 cm³/mol. The molecule has 0 spiro atoms. The first-order chi connectivity index (χ1) is 12.4. The van der Waals surface area contributed by atoms with Gasteiger partial charge in [-0.3, -0.25) is 14.9 Å². The summed E-state index contributed by atoms with van der Waals surface area (Å²) in [6.07, 6.45) is 0.276. The number of anilines is 1. The van der Waals surface area contributed by atoms with Crippen molar-refractivity contribution in [3.8, 4) is 10.6 Å². The molecule has 2 aromatic heterocycles. The zero-order valence-corrected chi connectivity index (χ0v) is 15.9. The molecule has 2 heterocycles. The number of nitrogens with zero attached hydrogens (tertiary/aromatic N) is 2. The van der Waals surface area contributed by atoms with Crippen LogP contribution in [0, 0.1) is 10.1 Å². The maximum atomic E-state index is 12.2. The number of nitro groups is 1. The van der Waals surface area contributed by atoms with E-state index in [1.165, 1.54) is 39.7 Å². The molecule has 8 heteroatoms. The molecule has 0 aliphatic rings. The van der Waals surface area contributed by atoms with Gasteiger partial charge in [0.1, 0.15) is 0 Å². The van der Waals surface area contributed by atoms with E-state index in [2.05, 4.69) is 24.1 Å². The van der Waals surface area contributed by atoms with Crippen molar-refractivity contribution in [1.29, 1.82) is 0 Å². The van der Waals surface area contributed by atoms with E-state index in [9.17, 15) is 14.9 Å². The summed E-state index contributed by atoms with van der Waals surface area (Å²) in [5.41, 5.74) is 2.86. The number of amides is 1. The second-order valence-electron chi connectivity index (χ2n) is 6.09. The molecule has 0 bridgehead atoms. The molecule has 1 N–H and O–H groups in total. The SMILES string of the molecule is CC(C)c1ccc(CC(=O)Nc2nc(-c3cc([N+](=O)[O-])cs3)cs2)cc1. The Morgan fingerprint density at radius 1 is 1.23 bits per heavy atom. The smallest absolute Gasteiger partial charge is 0.280 e. The van der Waals surface area contributed by atoms with Crippen LogP contribution in [-0.2, 0) is 11.2 Å². The Morgan fingerprint density at radius 3 is 2.58 bits per heavy atom. The van der Waals surface area contributed by atoms with Crippen molar-refractivity contribution < 1.29 is 9.72 Å². The second-order valence-corrected chi connectivity index (χ2v) is 7.85. The van der Waals surface area contributed by atoms with Crippen LogP contribution in [0.5, 0.6) is 0 Å². The van der Waals surface area contributed by atoms with Crippen molar-refractivity contribution >= 4 is 39.4 Å². The fourth-order valence-corrected chi connectivity index (χ4v) is 3.99. The Balaban J connectivity index is 1.62. The number of rotatable bonds is 6. The summed E-state index contributed by atoms with van der Waals surface area (Å²) in [4.78, 5) is 27.6. The number of benzene rings is 1. The van der Waals surface area contributed by atoms with Gasteiger partial charge >= 0.3 is 0 Å². The van der Waals surface area contributed by atoms with Gasteiger partial charge in [0.2, 0.25) is 5.91 Å². The predicted octanol–water partition coefficient (Wildman–Crippen LogP) is 5.08. The van der Waals surface area contributed by atoms with Gasteiger partial charge in [0.25, 0.3) is 5.69 Å². The lowest BCUT2D eigenvalue weighted by molar-refractivity contribution is -0.384. The van der Waals surface area contributed by atoms with Gasteiger partial charge < -0.3 is 5.32 Å². The van der Waals surface area contributed by atoms with Gasteiger partial charge in [-0.05, 0) is 17.0 Å². The standard InChI is InChI=1S/C18H17N3O3S2/c1-11(2)13-5-3-12(4-6-13)7-17(22)20-18-19-15(10-26-18)16-8-14(9-25-16)21(23)24/h3-6,8-11H,7H2,1-2H3,(H,19,20,22). The Bertz CT molecular complexity index is 929. The summed E-state index contributed by atoms with van der Waals surface area (Å²) >= 11 is 2.56. The summed E-state index contributed by atoms with van der Waals surface area (Å²) in [7, 11) is 0. The summed E-state index contributed by atoms with van der Waals surface area (Å²) in [6.45, 7) is 4.26. The molecule has 0 radical (unpaired) electrons. The van der Waals surface area contributed by atoms with Gasteiger partial charge in [0, 0.05) is 11.4 Å². The van der Waals surface area contributed by atoms with Crippen LogP contribution in [0.3, 0.4) is 0 Å². The van der Waals surface area contributed by atoms with Crippen LogP contribution in [0.2, 0.25) is 0 Å². The van der Waals surface area contributed by atoms with Gasteiger partial charge in [0.05, 0.1) is 27.3 Å². The number of thiazole rings is 1. The zero-order chi connectivity index (χ0) is 18.7. The average Bonchev–Trinajstić information content (AvgIpc) is 3.24. The molecule has 6 nitrogen and oxygen atoms in total. The van der Waals surface area contributed by atoms with E-state index in [0.29, 0.717) is 21.6 Å². The van der Waals surface area contributed by atoms with Crippen LogP contribution in [-0.4, -0.2) is 15.8 Å². The van der Waals surface area contributed by atoms with Gasteiger partial charge in [0.15, 0.2) is 5.13 Å². The summed E-state index contributed by atoms with van der Waals surface area (Å²) in [6, 6.07) is 9.50. The molecule has 1 amide bonds. The van der Waals surface area contributed by atoms with E-state index in [0.717, 1.165) is 5.56 Å². The molecule has 3 rings (SSSR count). The Labute approximate surface area is 158 Å². The van der Waals surface area contributed by atoms with E-state index in [4.69, 9.17) is 0 Å². The lowest BCUT2D eigenvalue weighted by Crippen LogP contribution is -2.14. The number of aromatic nitrogens is 1. The first kappa shape index (κ1) is 18.2. The molecule has 26 heavy (non-hydrogen) atoms. The van der Waals surface area contributed by atoms with Gasteiger partial charge in [-0.2, -0.15) is 0 Å². The number of carbonyl (C=O) groups excluding carboxylic acids is 1. The molecule has 0 aliphatic carbocycles. The fraction of sp³-hybridized carbons (Fsp3) is 0.222. The highest BCUT2D eigenvalue weighted by Crippen LogP contribution is 2.32. The lowest BCUT2D eigenvalue weighted by atomic mass is 10.0. The molecule has 3 aromatic rings. The summed E-state index contributed by atoms with van der Waals surface area (Å²) in [5, 5.41) is 17.3. The highest BCUT2D eigenvalue weighted by Gasteiger charge is 2.14. The van der Waals surface area contributed by atoms with Gasteiger partial charge in [-0.15, -0.1) is 22.7 Å². The minimum atomic E-state index is -0.431. The molecule has 134 valence electrons. The quantitative estimate of drug-likeness (QED) is 0.472. The largest absolute Gasteiger partial charge is 0.302 e. The fourth-order valence-electron chi connectivity index (χ4n) is 2.37. The molecular formula is C18H17N3O3S2. The normalized spacial score (nSPS) is 10.9. The second kappa shape index (κ2) is 7.76.